The van der Waals surface area contributed by atoms with Gasteiger partial charge in [0.25, 0.3) is 5.91 Å². The van der Waals surface area contributed by atoms with Crippen LogP contribution in [0.2, 0.25) is 18.1 Å². The highest BCUT2D eigenvalue weighted by Crippen LogP contribution is 2.44. The van der Waals surface area contributed by atoms with Crippen molar-refractivity contribution in [3.05, 3.63) is 28.2 Å². The van der Waals surface area contributed by atoms with Crippen molar-refractivity contribution in [2.24, 2.45) is 5.16 Å². The monoisotopic (exact) mass is 368 g/mol. The summed E-state index contributed by atoms with van der Waals surface area (Å²) in [5.74, 6) is -0.0588. The fourth-order valence-corrected chi connectivity index (χ4v) is 4.74. The van der Waals surface area contributed by atoms with Gasteiger partial charge >= 0.3 is 0 Å². The van der Waals surface area contributed by atoms with E-state index < -0.39 is 8.24 Å². The van der Waals surface area contributed by atoms with Crippen molar-refractivity contribution in [2.45, 2.75) is 38.9 Å². The van der Waals surface area contributed by atoms with Crippen LogP contribution in [0, 0.1) is 0 Å². The molecule has 1 aliphatic rings. The van der Waals surface area contributed by atoms with Crippen LogP contribution in [0.4, 0.5) is 5.69 Å². The lowest BCUT2D eigenvalue weighted by atomic mass is 10.1. The average molecular weight is 369 g/mol. The van der Waals surface area contributed by atoms with E-state index in [-0.39, 0.29) is 10.9 Å². The summed E-state index contributed by atoms with van der Waals surface area (Å²) in [5, 5.41) is 4.01. The van der Waals surface area contributed by atoms with Gasteiger partial charge in [-0.15, -0.1) is 0 Å². The maximum absolute atomic E-state index is 12.9. The average Bonchev–Trinajstić information content (AvgIpc) is 2.62. The Balaban J connectivity index is 2.67. The van der Waals surface area contributed by atoms with Crippen molar-refractivity contribution < 1.29 is 9.63 Å². The lowest BCUT2D eigenvalue weighted by molar-refractivity contribution is -0.111. The number of hydrogen-bond acceptors (Lipinski definition) is 3. The second-order valence-electron chi connectivity index (χ2n) is 6.73. The van der Waals surface area contributed by atoms with E-state index in [2.05, 4.69) is 55.0 Å². The third-order valence-corrected chi connectivity index (χ3v) is 10.2. The van der Waals surface area contributed by atoms with Gasteiger partial charge in [0, 0.05) is 15.7 Å². The molecule has 0 spiro atoms. The van der Waals surface area contributed by atoms with Crippen molar-refractivity contribution in [1.82, 2.24) is 0 Å². The number of anilines is 1. The van der Waals surface area contributed by atoms with Crippen molar-refractivity contribution in [1.29, 1.82) is 0 Å². The number of nitrogens with zero attached hydrogens (tertiary/aromatic N) is 2. The molecule has 0 N–H and O–H groups in total. The molecule has 0 unspecified atom stereocenters. The van der Waals surface area contributed by atoms with Gasteiger partial charge in [-0.1, -0.05) is 55.0 Å². The SMILES string of the molecule is CO/N=C1\C(=O)N([Si](C)(C)C(C)(C)C)c2ccc(Br)cc21. The van der Waals surface area contributed by atoms with E-state index >= 15 is 0 Å². The topological polar surface area (TPSA) is 41.9 Å². The molecular formula is C15H21BrN2O2Si. The van der Waals surface area contributed by atoms with Crippen LogP contribution in [0.15, 0.2) is 27.8 Å². The number of rotatable bonds is 2. The molecule has 1 aromatic carbocycles. The number of carbonyl (C=O) groups is 1. The van der Waals surface area contributed by atoms with Crippen LogP contribution in [0.5, 0.6) is 0 Å². The van der Waals surface area contributed by atoms with Gasteiger partial charge in [0.2, 0.25) is 0 Å². The number of benzene rings is 1. The molecule has 1 amide bonds. The summed E-state index contributed by atoms with van der Waals surface area (Å²) in [7, 11) is -0.577. The highest BCUT2D eigenvalue weighted by atomic mass is 79.9. The van der Waals surface area contributed by atoms with Gasteiger partial charge in [-0.25, -0.2) is 0 Å². The molecule has 0 saturated heterocycles. The van der Waals surface area contributed by atoms with Gasteiger partial charge in [-0.05, 0) is 23.2 Å². The van der Waals surface area contributed by atoms with Crippen LogP contribution >= 0.6 is 15.9 Å². The molecule has 114 valence electrons. The minimum atomic E-state index is -2.04. The summed E-state index contributed by atoms with van der Waals surface area (Å²) in [6.07, 6.45) is 0. The molecule has 0 saturated carbocycles. The molecule has 1 heterocycles. The zero-order valence-corrected chi connectivity index (χ0v) is 15.9. The standard InChI is InChI=1S/C15H21BrN2O2Si/c1-15(2,3)21(5,6)18-12-8-7-10(16)9-11(12)13(14(18)19)17-20-4/h7-9H,1-6H3/b17-13-. The second kappa shape index (κ2) is 5.25. The Bertz CT molecular complexity index is 621. The molecule has 0 fully saturated rings. The fourth-order valence-electron chi connectivity index (χ4n) is 2.29. The first-order valence-electron chi connectivity index (χ1n) is 6.87. The molecule has 0 atom stereocenters. The van der Waals surface area contributed by atoms with Crippen LogP contribution < -0.4 is 4.57 Å². The van der Waals surface area contributed by atoms with Gasteiger partial charge in [0.15, 0.2) is 13.9 Å². The summed E-state index contributed by atoms with van der Waals surface area (Å²) in [4.78, 5) is 17.8. The zero-order valence-electron chi connectivity index (χ0n) is 13.3. The predicted octanol–water partition coefficient (Wildman–Crippen LogP) is 4.15. The Kier molecular flexibility index (Phi) is 4.05. The Morgan fingerprint density at radius 1 is 1.29 bits per heavy atom. The Hall–Kier alpha value is -1.14. The molecule has 2 rings (SSSR count). The van der Waals surface area contributed by atoms with Gasteiger partial charge in [0.1, 0.15) is 7.11 Å². The summed E-state index contributed by atoms with van der Waals surface area (Å²) in [6, 6.07) is 5.87. The lowest BCUT2D eigenvalue weighted by Gasteiger charge is -2.43. The van der Waals surface area contributed by atoms with E-state index in [4.69, 9.17) is 4.84 Å². The van der Waals surface area contributed by atoms with Crippen LogP contribution in [-0.4, -0.2) is 27.0 Å². The smallest absolute Gasteiger partial charge is 0.273 e. The van der Waals surface area contributed by atoms with Crippen LogP contribution in [-0.2, 0) is 9.63 Å². The summed E-state index contributed by atoms with van der Waals surface area (Å²) >= 11 is 3.46. The number of oxime groups is 1. The minimum Gasteiger partial charge on any atom is -0.398 e. The number of carbonyl (C=O) groups excluding carboxylic acids is 1. The Morgan fingerprint density at radius 2 is 1.90 bits per heavy atom. The number of halogens is 1. The minimum absolute atomic E-state index is 0.0511. The van der Waals surface area contributed by atoms with E-state index in [1.807, 2.05) is 22.8 Å². The van der Waals surface area contributed by atoms with E-state index in [1.54, 1.807) is 0 Å². The van der Waals surface area contributed by atoms with Crippen LogP contribution in [0.25, 0.3) is 0 Å². The molecule has 1 aliphatic heterocycles. The summed E-state index contributed by atoms with van der Waals surface area (Å²) < 4.78 is 2.89. The van der Waals surface area contributed by atoms with E-state index in [1.165, 1.54) is 7.11 Å². The summed E-state index contributed by atoms with van der Waals surface area (Å²) in [6.45, 7) is 11.0. The third-order valence-electron chi connectivity index (χ3n) is 4.44. The maximum atomic E-state index is 12.9. The number of hydrogen-bond donors (Lipinski definition) is 0. The first kappa shape index (κ1) is 16.2. The van der Waals surface area contributed by atoms with Crippen LogP contribution in [0.1, 0.15) is 26.3 Å². The Morgan fingerprint density at radius 3 is 2.43 bits per heavy atom. The normalized spacial score (nSPS) is 17.4. The Labute approximate surface area is 135 Å². The fraction of sp³-hybridized carbons (Fsp3) is 0.467. The number of fused-ring (bicyclic) bond motifs is 1. The van der Waals surface area contributed by atoms with E-state index in [0.717, 1.165) is 15.7 Å². The van der Waals surface area contributed by atoms with Crippen molar-refractivity contribution in [3.8, 4) is 0 Å². The highest BCUT2D eigenvalue weighted by molar-refractivity contribution is 9.10. The molecule has 0 aromatic heterocycles. The van der Waals surface area contributed by atoms with Crippen molar-refractivity contribution in [3.63, 3.8) is 0 Å². The third kappa shape index (κ3) is 2.55. The molecule has 0 aliphatic carbocycles. The van der Waals surface area contributed by atoms with Crippen LogP contribution in [0.3, 0.4) is 0 Å². The van der Waals surface area contributed by atoms with Gasteiger partial charge in [-0.3, -0.25) is 4.79 Å². The van der Waals surface area contributed by atoms with Gasteiger partial charge < -0.3 is 9.40 Å². The molecular weight excluding hydrogens is 348 g/mol. The van der Waals surface area contributed by atoms with E-state index in [9.17, 15) is 4.79 Å². The lowest BCUT2D eigenvalue weighted by Crippen LogP contribution is -2.57. The molecule has 4 nitrogen and oxygen atoms in total. The van der Waals surface area contributed by atoms with Gasteiger partial charge in [0.05, 0.1) is 0 Å². The highest BCUT2D eigenvalue weighted by Gasteiger charge is 2.49. The first-order chi connectivity index (χ1) is 9.61. The van der Waals surface area contributed by atoms with Crippen molar-refractivity contribution >= 4 is 41.5 Å². The zero-order chi connectivity index (χ0) is 16.0. The molecule has 0 radical (unpaired) electrons. The van der Waals surface area contributed by atoms with E-state index in [0.29, 0.717) is 5.71 Å². The molecule has 1 aromatic rings. The summed E-state index contributed by atoms with van der Waals surface area (Å²) in [5.41, 5.74) is 2.16. The van der Waals surface area contributed by atoms with Crippen molar-refractivity contribution in [2.75, 3.05) is 11.7 Å². The predicted molar refractivity (Wildman–Crippen MR) is 92.4 cm³/mol. The largest absolute Gasteiger partial charge is 0.398 e. The maximum Gasteiger partial charge on any atom is 0.273 e. The first-order valence-corrected chi connectivity index (χ1v) is 10.6. The second-order valence-corrected chi connectivity index (χ2v) is 12.7. The quantitative estimate of drug-likeness (QED) is 0.581. The molecule has 0 bridgehead atoms. The molecule has 6 heteroatoms. The van der Waals surface area contributed by atoms with Gasteiger partial charge in [-0.2, -0.15) is 0 Å². The number of amides is 1. The molecule has 21 heavy (non-hydrogen) atoms.